The van der Waals surface area contributed by atoms with Crippen molar-refractivity contribution in [3.63, 3.8) is 0 Å². The maximum atomic E-state index is 13.3. The number of benzene rings is 2. The molecule has 2 aromatic carbocycles. The molecule has 0 unspecified atom stereocenters. The summed E-state index contributed by atoms with van der Waals surface area (Å²) < 4.78 is 51.7. The summed E-state index contributed by atoms with van der Waals surface area (Å²) in [7, 11) is -3.83. The number of amides is 1. The molecule has 0 saturated heterocycles. The first kappa shape index (κ1) is 19.7. The normalized spacial score (nSPS) is 22.2. The molecule has 3 rings (SSSR count). The van der Waals surface area contributed by atoms with Gasteiger partial charge in [0.15, 0.2) is 21.5 Å². The zero-order chi connectivity index (χ0) is 20.0. The minimum absolute atomic E-state index is 0.00575. The molecule has 9 heteroatoms. The van der Waals surface area contributed by atoms with E-state index >= 15 is 0 Å². The Balaban J connectivity index is 1.86. The van der Waals surface area contributed by atoms with Gasteiger partial charge in [0, 0.05) is 17.3 Å². The molecule has 1 saturated carbocycles. The zero-order valence-electron chi connectivity index (χ0n) is 14.2. The number of aliphatic hydroxyl groups is 1. The number of sulfone groups is 1. The van der Waals surface area contributed by atoms with Crippen molar-refractivity contribution in [2.45, 2.75) is 35.5 Å². The summed E-state index contributed by atoms with van der Waals surface area (Å²) >= 11 is 6.02. The number of anilines is 1. The molecule has 2 aromatic rings. The lowest BCUT2D eigenvalue weighted by atomic mass is 9.82. The Kier molecular flexibility index (Phi) is 5.00. The van der Waals surface area contributed by atoms with Crippen LogP contribution in [0.4, 0.5) is 14.5 Å². The predicted octanol–water partition coefficient (Wildman–Crippen LogP) is 3.56. The van der Waals surface area contributed by atoms with E-state index in [-0.39, 0.29) is 34.0 Å². The maximum absolute atomic E-state index is 13.3. The molecule has 0 bridgehead atoms. The number of carbonyl (C=O) groups is 1. The second-order valence-corrected chi connectivity index (χ2v) is 9.40. The van der Waals surface area contributed by atoms with Crippen LogP contribution in [0.5, 0.6) is 0 Å². The molecule has 27 heavy (non-hydrogen) atoms. The third-order valence-electron chi connectivity index (χ3n) is 4.45. The fourth-order valence-corrected chi connectivity index (χ4v) is 5.55. The Bertz CT molecular complexity index is 1020. The monoisotopic (exact) mass is 415 g/mol. The summed E-state index contributed by atoms with van der Waals surface area (Å²) in [4.78, 5) is 12.1. The van der Waals surface area contributed by atoms with E-state index in [1.165, 1.54) is 18.2 Å². The van der Waals surface area contributed by atoms with Crippen molar-refractivity contribution in [3.05, 3.63) is 58.6 Å². The molecule has 5 nitrogen and oxygen atoms in total. The van der Waals surface area contributed by atoms with Gasteiger partial charge in [-0.3, -0.25) is 4.79 Å². The molecule has 1 amide bonds. The molecule has 1 fully saturated rings. The van der Waals surface area contributed by atoms with Gasteiger partial charge in [0.2, 0.25) is 0 Å². The molecule has 0 aromatic heterocycles. The number of nitrogens with one attached hydrogen (secondary N) is 1. The summed E-state index contributed by atoms with van der Waals surface area (Å²) in [5.41, 5.74) is -1.02. The average Bonchev–Trinajstić information content (AvgIpc) is 2.56. The molecule has 0 radical (unpaired) electrons. The molecular weight excluding hydrogens is 400 g/mol. The van der Waals surface area contributed by atoms with Crippen LogP contribution >= 0.6 is 11.6 Å². The highest BCUT2D eigenvalue weighted by atomic mass is 35.5. The van der Waals surface area contributed by atoms with Gasteiger partial charge in [0.05, 0.1) is 20.8 Å². The topological polar surface area (TPSA) is 83.5 Å². The largest absolute Gasteiger partial charge is 0.390 e. The van der Waals surface area contributed by atoms with Crippen molar-refractivity contribution in [1.82, 2.24) is 0 Å². The van der Waals surface area contributed by atoms with Crippen LogP contribution < -0.4 is 5.32 Å². The van der Waals surface area contributed by atoms with Gasteiger partial charge in [-0.1, -0.05) is 11.6 Å². The van der Waals surface area contributed by atoms with Crippen molar-refractivity contribution in [3.8, 4) is 0 Å². The number of carbonyl (C=O) groups excluding carboxylic acids is 1. The van der Waals surface area contributed by atoms with E-state index < -0.39 is 38.2 Å². The summed E-state index contributed by atoms with van der Waals surface area (Å²) in [6.07, 6.45) is 0.161. The van der Waals surface area contributed by atoms with Gasteiger partial charge < -0.3 is 10.4 Å². The number of hydrogen-bond acceptors (Lipinski definition) is 4. The maximum Gasteiger partial charge on any atom is 0.255 e. The SMILES string of the molecule is C[C@]1(O)C[C@@H](S(=O)(=O)c2cc(C(=O)Nc3ccc(F)c(F)c3)ccc2Cl)C1. The average molecular weight is 416 g/mol. The molecule has 0 aliphatic heterocycles. The van der Waals surface area contributed by atoms with Crippen LogP contribution in [-0.4, -0.2) is 30.3 Å². The molecule has 2 N–H and O–H groups in total. The number of hydrogen-bond donors (Lipinski definition) is 2. The second kappa shape index (κ2) is 6.85. The third kappa shape index (κ3) is 3.97. The highest BCUT2D eigenvalue weighted by Crippen LogP contribution is 2.40. The van der Waals surface area contributed by atoms with Crippen LogP contribution in [0.3, 0.4) is 0 Å². The minimum Gasteiger partial charge on any atom is -0.390 e. The Morgan fingerprint density at radius 1 is 1.19 bits per heavy atom. The first-order valence-electron chi connectivity index (χ1n) is 8.02. The first-order valence-corrected chi connectivity index (χ1v) is 9.94. The Hall–Kier alpha value is -2.03. The van der Waals surface area contributed by atoms with Gasteiger partial charge >= 0.3 is 0 Å². The van der Waals surface area contributed by atoms with Gasteiger partial charge in [0.1, 0.15) is 0 Å². The Morgan fingerprint density at radius 3 is 2.44 bits per heavy atom. The smallest absolute Gasteiger partial charge is 0.255 e. The highest BCUT2D eigenvalue weighted by molar-refractivity contribution is 7.92. The molecule has 1 aliphatic carbocycles. The van der Waals surface area contributed by atoms with E-state index in [9.17, 15) is 27.1 Å². The van der Waals surface area contributed by atoms with Crippen LogP contribution in [0, 0.1) is 11.6 Å². The predicted molar refractivity (Wildman–Crippen MR) is 96.6 cm³/mol. The first-order chi connectivity index (χ1) is 12.5. The standard InChI is InChI=1S/C18H16ClF2NO4S/c1-18(24)8-12(9-18)27(25,26)16-6-10(2-4-13(16)19)17(23)22-11-3-5-14(20)15(21)7-11/h2-7,12,24H,8-9H2,1H3,(H,22,23)/t12-,18+. The van der Waals surface area contributed by atoms with Gasteiger partial charge in [-0.15, -0.1) is 0 Å². The number of halogens is 3. The van der Waals surface area contributed by atoms with Crippen molar-refractivity contribution in [2.24, 2.45) is 0 Å². The quantitative estimate of drug-likeness (QED) is 0.799. The summed E-state index contributed by atoms with van der Waals surface area (Å²) in [6, 6.07) is 6.61. The van der Waals surface area contributed by atoms with E-state index in [0.717, 1.165) is 18.2 Å². The molecule has 1 aliphatic rings. The van der Waals surface area contributed by atoms with Crippen molar-refractivity contribution < 1.29 is 27.1 Å². The second-order valence-electron chi connectivity index (χ2n) is 6.80. The molecular formula is C18H16ClF2NO4S. The van der Waals surface area contributed by atoms with Crippen molar-refractivity contribution in [1.29, 1.82) is 0 Å². The summed E-state index contributed by atoms with van der Waals surface area (Å²) in [6.45, 7) is 1.55. The van der Waals surface area contributed by atoms with E-state index in [0.29, 0.717) is 0 Å². The van der Waals surface area contributed by atoms with Gasteiger partial charge in [0.25, 0.3) is 5.91 Å². The van der Waals surface area contributed by atoms with Crippen LogP contribution in [0.15, 0.2) is 41.3 Å². The fraction of sp³-hybridized carbons (Fsp3) is 0.278. The van der Waals surface area contributed by atoms with Gasteiger partial charge in [-0.2, -0.15) is 0 Å². The summed E-state index contributed by atoms with van der Waals surface area (Å²) in [5, 5.41) is 11.3. The lowest BCUT2D eigenvalue weighted by Gasteiger charge is -2.40. The third-order valence-corrected chi connectivity index (χ3v) is 7.05. The molecule has 144 valence electrons. The molecule has 0 spiro atoms. The van der Waals surface area contributed by atoms with Crippen LogP contribution in [0.25, 0.3) is 0 Å². The van der Waals surface area contributed by atoms with E-state index in [4.69, 9.17) is 11.6 Å². The lowest BCUT2D eigenvalue weighted by Crippen LogP contribution is -2.48. The molecule has 0 atom stereocenters. The van der Waals surface area contributed by atoms with Gasteiger partial charge in [-0.25, -0.2) is 17.2 Å². The van der Waals surface area contributed by atoms with Crippen LogP contribution in [-0.2, 0) is 9.84 Å². The van der Waals surface area contributed by atoms with E-state index in [1.807, 2.05) is 0 Å². The van der Waals surface area contributed by atoms with E-state index in [2.05, 4.69) is 5.32 Å². The van der Waals surface area contributed by atoms with Crippen LogP contribution in [0.2, 0.25) is 5.02 Å². The van der Waals surface area contributed by atoms with Crippen molar-refractivity contribution in [2.75, 3.05) is 5.32 Å². The van der Waals surface area contributed by atoms with Crippen LogP contribution in [0.1, 0.15) is 30.1 Å². The van der Waals surface area contributed by atoms with Crippen molar-refractivity contribution >= 4 is 33.0 Å². The Labute approximate surface area is 159 Å². The van der Waals surface area contributed by atoms with Gasteiger partial charge in [-0.05, 0) is 50.1 Å². The zero-order valence-corrected chi connectivity index (χ0v) is 15.7. The minimum atomic E-state index is -3.83. The Morgan fingerprint density at radius 2 is 1.85 bits per heavy atom. The number of rotatable bonds is 4. The lowest BCUT2D eigenvalue weighted by molar-refractivity contribution is -0.0116. The fourth-order valence-electron chi connectivity index (χ4n) is 2.96. The van der Waals surface area contributed by atoms with E-state index in [1.54, 1.807) is 6.92 Å². The highest BCUT2D eigenvalue weighted by Gasteiger charge is 2.46. The summed E-state index contributed by atoms with van der Waals surface area (Å²) in [5.74, 6) is -2.87. The molecule has 0 heterocycles.